The lowest BCUT2D eigenvalue weighted by atomic mass is 9.80. The molecular formula is C16H29Br. The summed E-state index contributed by atoms with van der Waals surface area (Å²) >= 11 is 3.78. The number of hydrogen-bond donors (Lipinski definition) is 0. The van der Waals surface area contributed by atoms with E-state index in [0.29, 0.717) is 0 Å². The lowest BCUT2D eigenvalue weighted by molar-refractivity contribution is 0.273. The van der Waals surface area contributed by atoms with Crippen LogP contribution >= 0.6 is 15.9 Å². The monoisotopic (exact) mass is 300 g/mol. The number of halogens is 1. The Morgan fingerprint density at radius 1 is 0.941 bits per heavy atom. The summed E-state index contributed by atoms with van der Waals surface area (Å²) in [5.41, 5.74) is 0.719. The molecule has 0 saturated heterocycles. The van der Waals surface area contributed by atoms with Gasteiger partial charge in [0, 0.05) is 5.33 Å². The molecule has 0 N–H and O–H groups in total. The van der Waals surface area contributed by atoms with Gasteiger partial charge in [-0.15, -0.1) is 0 Å². The molecule has 0 radical (unpaired) electrons. The molecule has 2 atom stereocenters. The first-order valence-corrected chi connectivity index (χ1v) is 8.98. The first-order chi connectivity index (χ1) is 8.29. The van der Waals surface area contributed by atoms with Gasteiger partial charge in [0.15, 0.2) is 0 Å². The van der Waals surface area contributed by atoms with E-state index in [2.05, 4.69) is 22.9 Å². The Morgan fingerprint density at radius 2 is 1.53 bits per heavy atom. The molecule has 1 heteroatoms. The Bertz CT molecular complexity index is 214. The largest absolute Gasteiger partial charge is 0.0922 e. The molecule has 2 fully saturated rings. The van der Waals surface area contributed by atoms with Crippen molar-refractivity contribution < 1.29 is 0 Å². The standard InChI is InChI=1S/C16H29Br/c1-2-3-4-5-6-7-8-9-16(13-17)11-14-10-15(14)12-16/h14-15H,2-13H2,1H3. The third-order valence-corrected chi connectivity index (χ3v) is 6.24. The summed E-state index contributed by atoms with van der Waals surface area (Å²) in [5, 5.41) is 1.27. The van der Waals surface area contributed by atoms with Gasteiger partial charge in [-0.3, -0.25) is 0 Å². The minimum absolute atomic E-state index is 0.719. The summed E-state index contributed by atoms with van der Waals surface area (Å²) in [6, 6.07) is 0. The van der Waals surface area contributed by atoms with Crippen molar-refractivity contribution in [1.29, 1.82) is 0 Å². The van der Waals surface area contributed by atoms with Gasteiger partial charge >= 0.3 is 0 Å². The van der Waals surface area contributed by atoms with Crippen molar-refractivity contribution in [1.82, 2.24) is 0 Å². The first-order valence-electron chi connectivity index (χ1n) is 7.85. The average molecular weight is 301 g/mol. The second kappa shape index (κ2) is 6.59. The molecule has 2 rings (SSSR count). The smallest absolute Gasteiger partial charge is 0.00881 e. The maximum atomic E-state index is 3.78. The van der Waals surface area contributed by atoms with E-state index in [0.717, 1.165) is 17.3 Å². The molecule has 2 unspecified atom stereocenters. The fourth-order valence-corrected chi connectivity index (χ4v) is 4.58. The third-order valence-electron chi connectivity index (χ3n) is 5.05. The zero-order chi connectivity index (χ0) is 12.1. The molecule has 0 aromatic rings. The van der Waals surface area contributed by atoms with Crippen molar-refractivity contribution >= 4 is 15.9 Å². The Balaban J connectivity index is 1.52. The molecule has 0 aromatic heterocycles. The SMILES string of the molecule is CCCCCCCCCC1(CBr)CC2CC2C1. The number of unbranched alkanes of at least 4 members (excludes halogenated alkanes) is 6. The summed E-state index contributed by atoms with van der Waals surface area (Å²) in [6.45, 7) is 2.30. The summed E-state index contributed by atoms with van der Waals surface area (Å²) in [7, 11) is 0. The molecule has 0 aromatic carbocycles. The Labute approximate surface area is 116 Å². The van der Waals surface area contributed by atoms with Crippen molar-refractivity contribution in [2.75, 3.05) is 5.33 Å². The topological polar surface area (TPSA) is 0 Å². The normalized spacial score (nSPS) is 34.9. The van der Waals surface area contributed by atoms with Crippen molar-refractivity contribution in [3.8, 4) is 0 Å². The second-order valence-corrected chi connectivity index (χ2v) is 7.23. The number of hydrogen-bond acceptors (Lipinski definition) is 0. The van der Waals surface area contributed by atoms with Crippen LogP contribution in [0.4, 0.5) is 0 Å². The highest BCUT2D eigenvalue weighted by Gasteiger charge is 2.52. The highest BCUT2D eigenvalue weighted by Crippen LogP contribution is 2.61. The van der Waals surface area contributed by atoms with E-state index in [1.165, 1.54) is 56.7 Å². The van der Waals surface area contributed by atoms with E-state index in [1.807, 2.05) is 0 Å². The van der Waals surface area contributed by atoms with E-state index in [4.69, 9.17) is 0 Å². The third kappa shape index (κ3) is 3.98. The lowest BCUT2D eigenvalue weighted by Crippen LogP contribution is -2.20. The second-order valence-electron chi connectivity index (χ2n) is 6.67. The van der Waals surface area contributed by atoms with Gasteiger partial charge in [0.1, 0.15) is 0 Å². The highest BCUT2D eigenvalue weighted by molar-refractivity contribution is 9.09. The molecule has 0 spiro atoms. The predicted octanol–water partition coefficient (Wildman–Crippen LogP) is 5.94. The Hall–Kier alpha value is 0.480. The summed E-state index contributed by atoms with van der Waals surface area (Å²) in [4.78, 5) is 0. The quantitative estimate of drug-likeness (QED) is 0.365. The molecular weight excluding hydrogens is 272 g/mol. The number of rotatable bonds is 9. The van der Waals surface area contributed by atoms with Gasteiger partial charge in [0.25, 0.3) is 0 Å². The maximum absolute atomic E-state index is 3.78. The number of alkyl halides is 1. The van der Waals surface area contributed by atoms with Crippen LogP contribution in [0.25, 0.3) is 0 Å². The molecule has 2 aliphatic carbocycles. The van der Waals surface area contributed by atoms with E-state index < -0.39 is 0 Å². The van der Waals surface area contributed by atoms with Gasteiger partial charge in [0.05, 0.1) is 0 Å². The van der Waals surface area contributed by atoms with E-state index >= 15 is 0 Å². The van der Waals surface area contributed by atoms with Crippen LogP contribution in [0, 0.1) is 17.3 Å². The molecule has 2 aliphatic rings. The van der Waals surface area contributed by atoms with Crippen LogP contribution in [0.5, 0.6) is 0 Å². The van der Waals surface area contributed by atoms with Gasteiger partial charge in [-0.25, -0.2) is 0 Å². The predicted molar refractivity (Wildman–Crippen MR) is 79.7 cm³/mol. The van der Waals surface area contributed by atoms with E-state index in [-0.39, 0.29) is 0 Å². The van der Waals surface area contributed by atoms with Crippen LogP contribution in [-0.4, -0.2) is 5.33 Å². The highest BCUT2D eigenvalue weighted by atomic mass is 79.9. The maximum Gasteiger partial charge on any atom is 0.00881 e. The van der Waals surface area contributed by atoms with Crippen LogP contribution in [0.2, 0.25) is 0 Å². The van der Waals surface area contributed by atoms with Crippen LogP contribution in [0.15, 0.2) is 0 Å². The number of fused-ring (bicyclic) bond motifs is 1. The van der Waals surface area contributed by atoms with Crippen molar-refractivity contribution in [2.45, 2.75) is 77.6 Å². The van der Waals surface area contributed by atoms with Crippen LogP contribution in [0.3, 0.4) is 0 Å². The Kier molecular flexibility index (Phi) is 5.39. The molecule has 0 aliphatic heterocycles. The zero-order valence-corrected chi connectivity index (χ0v) is 13.1. The van der Waals surface area contributed by atoms with E-state index in [1.54, 1.807) is 19.3 Å². The molecule has 17 heavy (non-hydrogen) atoms. The average Bonchev–Trinajstić information content (AvgIpc) is 2.96. The molecule has 0 amide bonds. The molecule has 0 heterocycles. The molecule has 100 valence electrons. The van der Waals surface area contributed by atoms with Gasteiger partial charge in [-0.1, -0.05) is 67.8 Å². The lowest BCUT2D eigenvalue weighted by Gasteiger charge is -2.28. The fraction of sp³-hybridized carbons (Fsp3) is 1.00. The summed E-state index contributed by atoms with van der Waals surface area (Å²) in [6.07, 6.45) is 16.3. The van der Waals surface area contributed by atoms with Crippen molar-refractivity contribution in [3.63, 3.8) is 0 Å². The first kappa shape index (κ1) is 13.9. The summed E-state index contributed by atoms with van der Waals surface area (Å²) < 4.78 is 0. The van der Waals surface area contributed by atoms with Crippen LogP contribution in [0.1, 0.15) is 77.6 Å². The van der Waals surface area contributed by atoms with Gasteiger partial charge < -0.3 is 0 Å². The van der Waals surface area contributed by atoms with E-state index in [9.17, 15) is 0 Å². The van der Waals surface area contributed by atoms with Gasteiger partial charge in [0.2, 0.25) is 0 Å². The molecule has 0 bridgehead atoms. The minimum atomic E-state index is 0.719. The van der Waals surface area contributed by atoms with Crippen LogP contribution < -0.4 is 0 Å². The van der Waals surface area contributed by atoms with Crippen molar-refractivity contribution in [2.24, 2.45) is 17.3 Å². The Morgan fingerprint density at radius 3 is 2.12 bits per heavy atom. The molecule has 0 nitrogen and oxygen atoms in total. The fourth-order valence-electron chi connectivity index (χ4n) is 3.84. The van der Waals surface area contributed by atoms with Crippen LogP contribution in [-0.2, 0) is 0 Å². The van der Waals surface area contributed by atoms with Crippen molar-refractivity contribution in [3.05, 3.63) is 0 Å². The van der Waals surface area contributed by atoms with Gasteiger partial charge in [-0.05, 0) is 42.9 Å². The van der Waals surface area contributed by atoms with Gasteiger partial charge in [-0.2, -0.15) is 0 Å². The minimum Gasteiger partial charge on any atom is -0.0922 e. The summed E-state index contributed by atoms with van der Waals surface area (Å²) in [5.74, 6) is 2.27. The molecule has 2 saturated carbocycles. The zero-order valence-electron chi connectivity index (χ0n) is 11.5.